The molecule has 0 bridgehead atoms. The van der Waals surface area contributed by atoms with E-state index in [0.717, 1.165) is 29.3 Å². The number of fused-ring (bicyclic) bond motifs is 1. The lowest BCUT2D eigenvalue weighted by Gasteiger charge is -2.10. The summed E-state index contributed by atoms with van der Waals surface area (Å²) in [5.41, 5.74) is 7.78. The van der Waals surface area contributed by atoms with Crippen molar-refractivity contribution in [2.24, 2.45) is 5.73 Å². The van der Waals surface area contributed by atoms with E-state index in [1.54, 1.807) is 0 Å². The molecule has 2 aromatic rings. The van der Waals surface area contributed by atoms with Crippen LogP contribution in [0.4, 0.5) is 0 Å². The predicted octanol–water partition coefficient (Wildman–Crippen LogP) is 2.54. The number of aromatic nitrogens is 2. The largest absolute Gasteiger partial charge is 0.319 e. The van der Waals surface area contributed by atoms with Crippen LogP contribution in [0.3, 0.4) is 0 Å². The second-order valence-corrected chi connectivity index (χ2v) is 4.82. The smallest absolute Gasteiger partial charge is 0.150 e. The highest BCUT2D eigenvalue weighted by molar-refractivity contribution is 6.34. The summed E-state index contributed by atoms with van der Waals surface area (Å²) in [5, 5.41) is 1.40. The van der Waals surface area contributed by atoms with Gasteiger partial charge in [-0.05, 0) is 31.4 Å². The second kappa shape index (κ2) is 3.15. The maximum absolute atomic E-state index is 6.16. The van der Waals surface area contributed by atoms with Gasteiger partial charge in [0.1, 0.15) is 5.15 Å². The lowest BCUT2D eigenvalue weighted by Crippen LogP contribution is -2.22. The van der Waals surface area contributed by atoms with Crippen molar-refractivity contribution < 1.29 is 0 Å². The van der Waals surface area contributed by atoms with E-state index in [4.69, 9.17) is 17.3 Å². The third-order valence-electron chi connectivity index (χ3n) is 3.12. The van der Waals surface area contributed by atoms with E-state index in [-0.39, 0.29) is 5.54 Å². The molecule has 0 aliphatic heterocycles. The lowest BCUT2D eigenvalue weighted by molar-refractivity contribution is 0.677. The van der Waals surface area contributed by atoms with Crippen molar-refractivity contribution in [3.8, 4) is 0 Å². The average molecular weight is 234 g/mol. The van der Waals surface area contributed by atoms with Gasteiger partial charge in [-0.15, -0.1) is 0 Å². The Kier molecular flexibility index (Phi) is 1.97. The molecular weight excluding hydrogens is 222 g/mol. The van der Waals surface area contributed by atoms with E-state index in [1.807, 2.05) is 25.1 Å². The fourth-order valence-electron chi connectivity index (χ4n) is 1.84. The molecule has 2 N–H and O–H groups in total. The molecule has 16 heavy (non-hydrogen) atoms. The quantitative estimate of drug-likeness (QED) is 0.771. The highest BCUT2D eigenvalue weighted by atomic mass is 35.5. The summed E-state index contributed by atoms with van der Waals surface area (Å²) in [5.74, 6) is 0.680. The summed E-state index contributed by atoms with van der Waals surface area (Å²) >= 11 is 6.16. The Morgan fingerprint density at radius 3 is 2.75 bits per heavy atom. The highest BCUT2D eigenvalue weighted by Gasteiger charge is 2.43. The first kappa shape index (κ1) is 10.00. The van der Waals surface area contributed by atoms with Gasteiger partial charge in [-0.1, -0.05) is 23.7 Å². The van der Waals surface area contributed by atoms with Crippen LogP contribution in [0, 0.1) is 6.92 Å². The third kappa shape index (κ3) is 1.39. The van der Waals surface area contributed by atoms with Crippen molar-refractivity contribution in [1.29, 1.82) is 0 Å². The van der Waals surface area contributed by atoms with E-state index in [9.17, 15) is 0 Å². The van der Waals surface area contributed by atoms with Gasteiger partial charge >= 0.3 is 0 Å². The molecule has 0 radical (unpaired) electrons. The van der Waals surface area contributed by atoms with Crippen molar-refractivity contribution in [2.75, 3.05) is 0 Å². The first-order chi connectivity index (χ1) is 7.60. The molecule has 1 saturated carbocycles. The van der Waals surface area contributed by atoms with Crippen molar-refractivity contribution in [2.45, 2.75) is 25.3 Å². The molecule has 0 spiro atoms. The fourth-order valence-corrected chi connectivity index (χ4v) is 2.07. The highest BCUT2D eigenvalue weighted by Crippen LogP contribution is 2.41. The SMILES string of the molecule is Cc1cccc2c(Cl)nc(C3(N)CC3)nc12. The van der Waals surface area contributed by atoms with Gasteiger partial charge in [0.25, 0.3) is 0 Å². The molecule has 0 atom stereocenters. The molecule has 1 aliphatic rings. The zero-order chi connectivity index (χ0) is 11.3. The van der Waals surface area contributed by atoms with Crippen LogP contribution in [0.25, 0.3) is 10.9 Å². The minimum Gasteiger partial charge on any atom is -0.319 e. The Hall–Kier alpha value is -1.19. The Balaban J connectivity index is 2.32. The van der Waals surface area contributed by atoms with E-state index < -0.39 is 0 Å². The zero-order valence-electron chi connectivity index (χ0n) is 9.00. The molecule has 0 saturated heterocycles. The maximum Gasteiger partial charge on any atom is 0.150 e. The van der Waals surface area contributed by atoms with Crippen LogP contribution in [0.5, 0.6) is 0 Å². The average Bonchev–Trinajstić information content (AvgIpc) is 2.99. The van der Waals surface area contributed by atoms with Crippen LogP contribution in [0.1, 0.15) is 24.2 Å². The van der Waals surface area contributed by atoms with E-state index in [0.29, 0.717) is 11.0 Å². The van der Waals surface area contributed by atoms with Gasteiger partial charge in [0.15, 0.2) is 5.82 Å². The van der Waals surface area contributed by atoms with Gasteiger partial charge in [-0.25, -0.2) is 9.97 Å². The standard InChI is InChI=1S/C12H12ClN3/c1-7-3-2-4-8-9(7)15-11(16-10(8)13)12(14)5-6-12/h2-4H,5-6,14H2,1H3. The van der Waals surface area contributed by atoms with E-state index >= 15 is 0 Å². The summed E-state index contributed by atoms with van der Waals surface area (Å²) in [6, 6.07) is 5.91. The number of hydrogen-bond acceptors (Lipinski definition) is 3. The summed E-state index contributed by atoms with van der Waals surface area (Å²) in [7, 11) is 0. The number of nitrogens with two attached hydrogens (primary N) is 1. The van der Waals surface area contributed by atoms with Gasteiger partial charge in [-0.2, -0.15) is 0 Å². The number of para-hydroxylation sites is 1. The van der Waals surface area contributed by atoms with Crippen molar-refractivity contribution in [3.63, 3.8) is 0 Å². The topological polar surface area (TPSA) is 51.8 Å². The Morgan fingerprint density at radius 2 is 2.06 bits per heavy atom. The predicted molar refractivity (Wildman–Crippen MR) is 64.4 cm³/mol. The van der Waals surface area contributed by atoms with Gasteiger partial charge in [0, 0.05) is 5.39 Å². The molecule has 0 amide bonds. The summed E-state index contributed by atoms with van der Waals surface area (Å²) in [6.07, 6.45) is 1.89. The number of rotatable bonds is 1. The Morgan fingerprint density at radius 1 is 1.31 bits per heavy atom. The normalized spacial score (nSPS) is 17.7. The number of aryl methyl sites for hydroxylation is 1. The van der Waals surface area contributed by atoms with Crippen LogP contribution in [-0.4, -0.2) is 9.97 Å². The van der Waals surface area contributed by atoms with Crippen LogP contribution >= 0.6 is 11.6 Å². The molecule has 1 aromatic heterocycles. The minimum atomic E-state index is -0.333. The Bertz CT molecular complexity index is 576. The molecule has 3 nitrogen and oxygen atoms in total. The molecule has 1 aromatic carbocycles. The van der Waals surface area contributed by atoms with Gasteiger partial charge in [0.2, 0.25) is 0 Å². The Labute approximate surface area is 98.6 Å². The van der Waals surface area contributed by atoms with Crippen LogP contribution in [0.15, 0.2) is 18.2 Å². The van der Waals surface area contributed by atoms with E-state index in [2.05, 4.69) is 9.97 Å². The van der Waals surface area contributed by atoms with Gasteiger partial charge in [-0.3, -0.25) is 0 Å². The summed E-state index contributed by atoms with van der Waals surface area (Å²) in [4.78, 5) is 8.85. The number of hydrogen-bond donors (Lipinski definition) is 1. The van der Waals surface area contributed by atoms with E-state index in [1.165, 1.54) is 0 Å². The number of nitrogens with zero attached hydrogens (tertiary/aromatic N) is 2. The fraction of sp³-hybridized carbons (Fsp3) is 0.333. The van der Waals surface area contributed by atoms with Gasteiger partial charge in [0.05, 0.1) is 11.1 Å². The number of benzene rings is 1. The molecule has 4 heteroatoms. The molecule has 1 heterocycles. The minimum absolute atomic E-state index is 0.333. The first-order valence-corrected chi connectivity index (χ1v) is 5.70. The van der Waals surface area contributed by atoms with Crippen molar-refractivity contribution in [1.82, 2.24) is 9.97 Å². The third-order valence-corrected chi connectivity index (χ3v) is 3.40. The zero-order valence-corrected chi connectivity index (χ0v) is 9.75. The van der Waals surface area contributed by atoms with Crippen molar-refractivity contribution in [3.05, 3.63) is 34.7 Å². The maximum atomic E-state index is 6.16. The van der Waals surface area contributed by atoms with Crippen LogP contribution in [-0.2, 0) is 5.54 Å². The molecular formula is C12H12ClN3. The molecule has 1 fully saturated rings. The summed E-state index contributed by atoms with van der Waals surface area (Å²) in [6.45, 7) is 2.02. The molecule has 0 unspecified atom stereocenters. The first-order valence-electron chi connectivity index (χ1n) is 5.32. The summed E-state index contributed by atoms with van der Waals surface area (Å²) < 4.78 is 0. The van der Waals surface area contributed by atoms with Gasteiger partial charge < -0.3 is 5.73 Å². The van der Waals surface area contributed by atoms with Crippen LogP contribution < -0.4 is 5.73 Å². The monoisotopic (exact) mass is 233 g/mol. The molecule has 1 aliphatic carbocycles. The number of halogens is 1. The molecule has 3 rings (SSSR count). The van der Waals surface area contributed by atoms with Crippen LogP contribution in [0.2, 0.25) is 5.15 Å². The van der Waals surface area contributed by atoms with Crippen molar-refractivity contribution >= 4 is 22.5 Å². The lowest BCUT2D eigenvalue weighted by atomic mass is 10.1. The second-order valence-electron chi connectivity index (χ2n) is 4.47. The molecule has 82 valence electrons.